The Morgan fingerprint density at radius 1 is 1.38 bits per heavy atom. The van der Waals surface area contributed by atoms with Gasteiger partial charge in [-0.25, -0.2) is 0 Å². The zero-order chi connectivity index (χ0) is 11.4. The van der Waals surface area contributed by atoms with Crippen LogP contribution in [0.15, 0.2) is 0 Å². The van der Waals surface area contributed by atoms with Crippen LogP contribution in [0, 0.1) is 5.92 Å². The number of carbonyl (C=O) groups excluding carboxylic acids is 1. The van der Waals surface area contributed by atoms with Crippen LogP contribution in [0.3, 0.4) is 0 Å². The highest BCUT2D eigenvalue weighted by Gasteiger charge is 2.38. The van der Waals surface area contributed by atoms with Crippen LogP contribution in [0.1, 0.15) is 26.2 Å². The van der Waals surface area contributed by atoms with Crippen molar-refractivity contribution >= 4 is 5.97 Å². The van der Waals surface area contributed by atoms with Crippen molar-refractivity contribution in [3.8, 4) is 0 Å². The van der Waals surface area contributed by atoms with Crippen molar-refractivity contribution in [1.82, 2.24) is 4.90 Å². The first-order valence-electron chi connectivity index (χ1n) is 6.31. The van der Waals surface area contributed by atoms with Gasteiger partial charge in [-0.3, -0.25) is 9.69 Å². The Morgan fingerprint density at radius 2 is 2.12 bits per heavy atom. The summed E-state index contributed by atoms with van der Waals surface area (Å²) < 4.78 is 10.5. The van der Waals surface area contributed by atoms with Gasteiger partial charge >= 0.3 is 5.97 Å². The molecule has 1 saturated carbocycles. The van der Waals surface area contributed by atoms with E-state index < -0.39 is 0 Å². The Morgan fingerprint density at radius 3 is 2.81 bits per heavy atom. The lowest BCUT2D eigenvalue weighted by atomic mass is 10.0. The quantitative estimate of drug-likeness (QED) is 0.676. The highest BCUT2D eigenvalue weighted by Crippen LogP contribution is 2.31. The SMILES string of the molecule is CCOC(=O)C1CCCC1N1CCOCC1. The van der Waals surface area contributed by atoms with Crippen LogP contribution in [0.4, 0.5) is 0 Å². The standard InChI is InChI=1S/C12H21NO3/c1-2-16-12(14)10-4-3-5-11(10)13-6-8-15-9-7-13/h10-11H,2-9H2,1H3. The summed E-state index contributed by atoms with van der Waals surface area (Å²) in [5.41, 5.74) is 0. The Labute approximate surface area is 96.9 Å². The molecule has 0 bridgehead atoms. The Balaban J connectivity index is 1.93. The minimum Gasteiger partial charge on any atom is -0.466 e. The maximum atomic E-state index is 11.8. The van der Waals surface area contributed by atoms with E-state index in [1.54, 1.807) is 0 Å². The lowest BCUT2D eigenvalue weighted by Crippen LogP contribution is -2.47. The van der Waals surface area contributed by atoms with E-state index in [1.165, 1.54) is 0 Å². The molecular formula is C12H21NO3. The fourth-order valence-electron chi connectivity index (χ4n) is 2.81. The number of rotatable bonds is 3. The third kappa shape index (κ3) is 2.55. The molecule has 16 heavy (non-hydrogen) atoms. The van der Waals surface area contributed by atoms with Crippen LogP contribution in [-0.4, -0.2) is 49.8 Å². The Kier molecular flexibility index (Phi) is 4.18. The van der Waals surface area contributed by atoms with E-state index in [0.717, 1.165) is 45.6 Å². The minimum absolute atomic E-state index is 0.00325. The molecule has 0 amide bonds. The summed E-state index contributed by atoms with van der Waals surface area (Å²) >= 11 is 0. The first kappa shape index (κ1) is 11.9. The van der Waals surface area contributed by atoms with Gasteiger partial charge in [-0.1, -0.05) is 6.42 Å². The van der Waals surface area contributed by atoms with Crippen molar-refractivity contribution in [3.63, 3.8) is 0 Å². The first-order chi connectivity index (χ1) is 7.83. The molecule has 2 rings (SSSR count). The maximum absolute atomic E-state index is 11.8. The van der Waals surface area contributed by atoms with E-state index in [0.29, 0.717) is 12.6 Å². The summed E-state index contributed by atoms with van der Waals surface area (Å²) in [6, 6.07) is 0.392. The van der Waals surface area contributed by atoms with E-state index in [1.807, 2.05) is 6.92 Å². The number of ether oxygens (including phenoxy) is 2. The van der Waals surface area contributed by atoms with Gasteiger partial charge in [0.1, 0.15) is 0 Å². The van der Waals surface area contributed by atoms with Crippen molar-refractivity contribution < 1.29 is 14.3 Å². The third-order valence-corrected chi connectivity index (χ3v) is 3.58. The van der Waals surface area contributed by atoms with Crippen molar-refractivity contribution in [2.45, 2.75) is 32.2 Å². The second-order valence-electron chi connectivity index (χ2n) is 4.51. The van der Waals surface area contributed by atoms with Gasteiger partial charge in [0.15, 0.2) is 0 Å². The summed E-state index contributed by atoms with van der Waals surface area (Å²) in [7, 11) is 0. The molecule has 2 unspecified atom stereocenters. The second-order valence-corrected chi connectivity index (χ2v) is 4.51. The molecule has 0 aromatic carbocycles. The summed E-state index contributed by atoms with van der Waals surface area (Å²) in [4.78, 5) is 14.2. The van der Waals surface area contributed by atoms with Crippen LogP contribution < -0.4 is 0 Å². The number of esters is 1. The molecule has 4 nitrogen and oxygen atoms in total. The number of nitrogens with zero attached hydrogens (tertiary/aromatic N) is 1. The molecule has 0 N–H and O–H groups in total. The zero-order valence-electron chi connectivity index (χ0n) is 9.98. The van der Waals surface area contributed by atoms with E-state index in [-0.39, 0.29) is 11.9 Å². The van der Waals surface area contributed by atoms with Gasteiger partial charge in [-0.2, -0.15) is 0 Å². The van der Waals surface area contributed by atoms with Crippen LogP contribution >= 0.6 is 0 Å². The van der Waals surface area contributed by atoms with Gasteiger partial charge < -0.3 is 9.47 Å². The first-order valence-corrected chi connectivity index (χ1v) is 6.31. The van der Waals surface area contributed by atoms with Crippen LogP contribution in [-0.2, 0) is 14.3 Å². The van der Waals surface area contributed by atoms with Crippen molar-refractivity contribution in [2.24, 2.45) is 5.92 Å². The number of carbonyl (C=O) groups is 1. The monoisotopic (exact) mass is 227 g/mol. The number of morpholine rings is 1. The van der Waals surface area contributed by atoms with Gasteiger partial charge in [0, 0.05) is 19.1 Å². The average Bonchev–Trinajstić information content (AvgIpc) is 2.79. The predicted molar refractivity (Wildman–Crippen MR) is 60.2 cm³/mol. The maximum Gasteiger partial charge on any atom is 0.310 e. The second kappa shape index (κ2) is 5.64. The van der Waals surface area contributed by atoms with Gasteiger partial charge in [0.25, 0.3) is 0 Å². The molecular weight excluding hydrogens is 206 g/mol. The summed E-state index contributed by atoms with van der Waals surface area (Å²) in [6.45, 7) is 5.88. The molecule has 92 valence electrons. The molecule has 0 aromatic rings. The Bertz CT molecular complexity index is 238. The van der Waals surface area contributed by atoms with Gasteiger partial charge in [0.2, 0.25) is 0 Å². The molecule has 1 aliphatic carbocycles. The molecule has 1 heterocycles. The molecule has 0 spiro atoms. The van der Waals surface area contributed by atoms with Crippen molar-refractivity contribution in [1.29, 1.82) is 0 Å². The van der Waals surface area contributed by atoms with Crippen LogP contribution in [0.5, 0.6) is 0 Å². The normalized spacial score (nSPS) is 31.6. The lowest BCUT2D eigenvalue weighted by Gasteiger charge is -2.34. The summed E-state index contributed by atoms with van der Waals surface area (Å²) in [5.74, 6) is 0.0922. The van der Waals surface area contributed by atoms with Gasteiger partial charge in [-0.05, 0) is 19.8 Å². The fourth-order valence-corrected chi connectivity index (χ4v) is 2.81. The third-order valence-electron chi connectivity index (χ3n) is 3.58. The van der Waals surface area contributed by atoms with Crippen LogP contribution in [0.2, 0.25) is 0 Å². The highest BCUT2D eigenvalue weighted by atomic mass is 16.5. The molecule has 4 heteroatoms. The molecule has 1 aliphatic heterocycles. The smallest absolute Gasteiger partial charge is 0.310 e. The highest BCUT2D eigenvalue weighted by molar-refractivity contribution is 5.73. The van der Waals surface area contributed by atoms with E-state index in [2.05, 4.69) is 4.90 Å². The number of hydrogen-bond donors (Lipinski definition) is 0. The van der Waals surface area contributed by atoms with Crippen LogP contribution in [0.25, 0.3) is 0 Å². The molecule has 2 fully saturated rings. The molecule has 1 saturated heterocycles. The van der Waals surface area contributed by atoms with Gasteiger partial charge in [-0.15, -0.1) is 0 Å². The van der Waals surface area contributed by atoms with Gasteiger partial charge in [0.05, 0.1) is 25.7 Å². The van der Waals surface area contributed by atoms with E-state index in [9.17, 15) is 4.79 Å². The topological polar surface area (TPSA) is 38.8 Å². The summed E-state index contributed by atoms with van der Waals surface area (Å²) in [6.07, 6.45) is 3.26. The molecule has 0 radical (unpaired) electrons. The Hall–Kier alpha value is -0.610. The predicted octanol–water partition coefficient (Wildman–Crippen LogP) is 1.05. The lowest BCUT2D eigenvalue weighted by molar-refractivity contribution is -0.150. The minimum atomic E-state index is -0.00325. The summed E-state index contributed by atoms with van der Waals surface area (Å²) in [5, 5.41) is 0. The van der Waals surface area contributed by atoms with E-state index >= 15 is 0 Å². The number of hydrogen-bond acceptors (Lipinski definition) is 4. The zero-order valence-corrected chi connectivity index (χ0v) is 9.98. The van der Waals surface area contributed by atoms with E-state index in [4.69, 9.17) is 9.47 Å². The largest absolute Gasteiger partial charge is 0.466 e. The molecule has 2 aliphatic rings. The molecule has 2 atom stereocenters. The average molecular weight is 227 g/mol. The molecule has 0 aromatic heterocycles. The van der Waals surface area contributed by atoms with Crippen molar-refractivity contribution in [3.05, 3.63) is 0 Å². The van der Waals surface area contributed by atoms with Crippen molar-refractivity contribution in [2.75, 3.05) is 32.9 Å². The fraction of sp³-hybridized carbons (Fsp3) is 0.917.